The zero-order chi connectivity index (χ0) is 21.8. The maximum atomic E-state index is 13.0. The van der Waals surface area contributed by atoms with Gasteiger partial charge in [0.25, 0.3) is 0 Å². The van der Waals surface area contributed by atoms with E-state index in [1.54, 1.807) is 31.4 Å². The van der Waals surface area contributed by atoms with Gasteiger partial charge in [0.15, 0.2) is 0 Å². The molecule has 2 N–H and O–H groups in total. The van der Waals surface area contributed by atoms with E-state index in [-0.39, 0.29) is 18.4 Å². The molecule has 31 heavy (non-hydrogen) atoms. The summed E-state index contributed by atoms with van der Waals surface area (Å²) in [6, 6.07) is 20.3. The first kappa shape index (κ1) is 20.6. The number of rotatable bonds is 5. The van der Waals surface area contributed by atoms with Gasteiger partial charge in [-0.25, -0.2) is 14.2 Å². The van der Waals surface area contributed by atoms with Crippen molar-refractivity contribution in [3.8, 4) is 17.0 Å². The van der Waals surface area contributed by atoms with Gasteiger partial charge in [0.1, 0.15) is 11.6 Å². The van der Waals surface area contributed by atoms with Crippen molar-refractivity contribution in [3.05, 3.63) is 89.2 Å². The summed E-state index contributed by atoms with van der Waals surface area (Å²) in [5.74, 6) is 0.320. The van der Waals surface area contributed by atoms with Crippen LogP contribution in [0.1, 0.15) is 5.56 Å². The van der Waals surface area contributed by atoms with E-state index >= 15 is 0 Å². The molecule has 4 aromatic rings. The van der Waals surface area contributed by atoms with E-state index in [1.165, 1.54) is 12.1 Å². The molecule has 1 heterocycles. The molecule has 0 saturated carbocycles. The van der Waals surface area contributed by atoms with E-state index in [9.17, 15) is 9.18 Å². The Kier molecular flexibility index (Phi) is 6.00. The first-order chi connectivity index (χ1) is 15.0. The molecular formula is C24H19ClFN3O2. The molecule has 1 aromatic heterocycles. The largest absolute Gasteiger partial charge is 0.496 e. The Balaban J connectivity index is 1.53. The van der Waals surface area contributed by atoms with E-state index < -0.39 is 0 Å². The van der Waals surface area contributed by atoms with Gasteiger partial charge in [-0.3, -0.25) is 0 Å². The van der Waals surface area contributed by atoms with E-state index in [0.717, 1.165) is 27.7 Å². The van der Waals surface area contributed by atoms with E-state index in [0.29, 0.717) is 16.5 Å². The molecule has 0 atom stereocenters. The minimum atomic E-state index is -0.369. The van der Waals surface area contributed by atoms with Crippen molar-refractivity contribution in [3.63, 3.8) is 0 Å². The summed E-state index contributed by atoms with van der Waals surface area (Å²) >= 11 is 6.11. The molecule has 5 nitrogen and oxygen atoms in total. The van der Waals surface area contributed by atoms with Crippen LogP contribution in [-0.4, -0.2) is 18.1 Å². The molecule has 2 amide bonds. The van der Waals surface area contributed by atoms with Crippen molar-refractivity contribution in [1.82, 2.24) is 10.3 Å². The van der Waals surface area contributed by atoms with Crippen LogP contribution in [0.2, 0.25) is 5.02 Å². The predicted molar refractivity (Wildman–Crippen MR) is 121 cm³/mol. The number of methoxy groups -OCH3 is 1. The van der Waals surface area contributed by atoms with Gasteiger partial charge in [0.2, 0.25) is 0 Å². The number of carbonyl (C=O) groups excluding carboxylic acids is 1. The molecule has 0 saturated heterocycles. The zero-order valence-corrected chi connectivity index (χ0v) is 17.4. The number of hydrogen-bond donors (Lipinski definition) is 2. The quantitative estimate of drug-likeness (QED) is 0.402. The fourth-order valence-corrected chi connectivity index (χ4v) is 3.39. The Hall–Kier alpha value is -3.64. The highest BCUT2D eigenvalue weighted by molar-refractivity contribution is 6.30. The van der Waals surface area contributed by atoms with Gasteiger partial charge < -0.3 is 15.4 Å². The van der Waals surface area contributed by atoms with Crippen LogP contribution in [0.25, 0.3) is 22.2 Å². The molecule has 0 spiro atoms. The van der Waals surface area contributed by atoms with E-state index in [4.69, 9.17) is 21.3 Å². The Labute approximate surface area is 183 Å². The molecule has 4 rings (SSSR count). The van der Waals surface area contributed by atoms with Crippen LogP contribution >= 0.6 is 11.6 Å². The summed E-state index contributed by atoms with van der Waals surface area (Å²) in [5, 5.41) is 6.94. The second-order valence-corrected chi connectivity index (χ2v) is 7.32. The summed E-state index contributed by atoms with van der Waals surface area (Å²) < 4.78 is 18.5. The number of amides is 2. The summed E-state index contributed by atoms with van der Waals surface area (Å²) in [6.45, 7) is 0.285. The summed E-state index contributed by atoms with van der Waals surface area (Å²) in [6.07, 6.45) is 0. The Morgan fingerprint density at radius 2 is 1.87 bits per heavy atom. The Morgan fingerprint density at radius 3 is 2.61 bits per heavy atom. The van der Waals surface area contributed by atoms with Crippen LogP contribution in [0.3, 0.4) is 0 Å². The highest BCUT2D eigenvalue weighted by Gasteiger charge is 2.11. The van der Waals surface area contributed by atoms with Crippen molar-refractivity contribution in [2.45, 2.75) is 6.54 Å². The van der Waals surface area contributed by atoms with Crippen LogP contribution in [0.5, 0.6) is 5.75 Å². The first-order valence-electron chi connectivity index (χ1n) is 9.56. The van der Waals surface area contributed by atoms with Crippen molar-refractivity contribution in [2.75, 3.05) is 12.4 Å². The predicted octanol–water partition coefficient (Wildman–Crippen LogP) is 6.02. The lowest BCUT2D eigenvalue weighted by atomic mass is 10.1. The number of halogens is 2. The number of benzene rings is 3. The lowest BCUT2D eigenvalue weighted by Crippen LogP contribution is -2.28. The molecule has 0 aliphatic carbocycles. The van der Waals surface area contributed by atoms with Crippen LogP contribution in [0.15, 0.2) is 72.8 Å². The Bertz CT molecular complexity index is 1250. The summed E-state index contributed by atoms with van der Waals surface area (Å²) in [4.78, 5) is 17.0. The maximum Gasteiger partial charge on any atom is 0.319 e. The molecule has 3 aromatic carbocycles. The third-order valence-electron chi connectivity index (χ3n) is 4.74. The number of anilines is 1. The van der Waals surface area contributed by atoms with Gasteiger partial charge in [-0.05, 0) is 48.0 Å². The third-order valence-corrected chi connectivity index (χ3v) is 4.97. The lowest BCUT2D eigenvalue weighted by molar-refractivity contribution is 0.251. The first-order valence-corrected chi connectivity index (χ1v) is 9.93. The standard InChI is InChI=1S/C24H19ClFN3O2/c1-31-23-13-22(16-3-2-4-17(25)11-16)29-21-10-9-19(12-20(21)23)28-24(30)27-14-15-5-7-18(26)8-6-15/h2-13H,14H2,1H3,(H2,27,28,30). The van der Waals surface area contributed by atoms with Gasteiger partial charge in [-0.1, -0.05) is 35.9 Å². The SMILES string of the molecule is COc1cc(-c2cccc(Cl)c2)nc2ccc(NC(=O)NCc3ccc(F)cc3)cc12. The molecule has 0 fully saturated rings. The van der Waals surface area contributed by atoms with Crippen molar-refractivity contribution in [1.29, 1.82) is 0 Å². The van der Waals surface area contributed by atoms with Crippen LogP contribution in [0.4, 0.5) is 14.9 Å². The molecule has 0 bridgehead atoms. The number of urea groups is 1. The van der Waals surface area contributed by atoms with Crippen LogP contribution in [0, 0.1) is 5.82 Å². The fourth-order valence-electron chi connectivity index (χ4n) is 3.20. The number of nitrogens with zero attached hydrogens (tertiary/aromatic N) is 1. The van der Waals surface area contributed by atoms with Gasteiger partial charge in [-0.15, -0.1) is 0 Å². The number of aromatic nitrogens is 1. The van der Waals surface area contributed by atoms with Crippen LogP contribution in [-0.2, 0) is 6.54 Å². The molecular weight excluding hydrogens is 417 g/mol. The van der Waals surface area contributed by atoms with Gasteiger partial charge >= 0.3 is 6.03 Å². The average molecular weight is 436 g/mol. The molecule has 156 valence electrons. The van der Waals surface area contributed by atoms with Crippen molar-refractivity contribution < 1.29 is 13.9 Å². The highest BCUT2D eigenvalue weighted by Crippen LogP contribution is 2.32. The second kappa shape index (κ2) is 9.02. The minimum absolute atomic E-state index is 0.285. The van der Waals surface area contributed by atoms with Gasteiger partial charge in [-0.2, -0.15) is 0 Å². The number of pyridine rings is 1. The number of ether oxygens (including phenoxy) is 1. The molecule has 0 aliphatic heterocycles. The van der Waals surface area contributed by atoms with E-state index in [2.05, 4.69) is 10.6 Å². The average Bonchev–Trinajstić information content (AvgIpc) is 2.78. The number of nitrogens with one attached hydrogen (secondary N) is 2. The molecule has 0 radical (unpaired) electrons. The van der Waals surface area contributed by atoms with E-state index in [1.807, 2.05) is 36.4 Å². The summed E-state index contributed by atoms with van der Waals surface area (Å²) in [5.41, 5.74) is 3.75. The lowest BCUT2D eigenvalue weighted by Gasteiger charge is -2.12. The topological polar surface area (TPSA) is 63.2 Å². The minimum Gasteiger partial charge on any atom is -0.496 e. The normalized spacial score (nSPS) is 10.7. The smallest absolute Gasteiger partial charge is 0.319 e. The molecule has 7 heteroatoms. The van der Waals surface area contributed by atoms with Gasteiger partial charge in [0, 0.05) is 34.3 Å². The maximum absolute atomic E-state index is 13.0. The number of hydrogen-bond acceptors (Lipinski definition) is 3. The third kappa shape index (κ3) is 4.92. The number of carbonyl (C=O) groups is 1. The molecule has 0 unspecified atom stereocenters. The van der Waals surface area contributed by atoms with Gasteiger partial charge in [0.05, 0.1) is 18.3 Å². The number of fused-ring (bicyclic) bond motifs is 1. The van der Waals surface area contributed by atoms with Crippen molar-refractivity contribution >= 4 is 34.2 Å². The highest BCUT2D eigenvalue weighted by atomic mass is 35.5. The summed E-state index contributed by atoms with van der Waals surface area (Å²) in [7, 11) is 1.59. The fraction of sp³-hybridized carbons (Fsp3) is 0.0833. The van der Waals surface area contributed by atoms with Crippen molar-refractivity contribution in [2.24, 2.45) is 0 Å². The zero-order valence-electron chi connectivity index (χ0n) is 16.7. The Morgan fingerprint density at radius 1 is 1.06 bits per heavy atom. The van der Waals surface area contributed by atoms with Crippen LogP contribution < -0.4 is 15.4 Å². The second-order valence-electron chi connectivity index (χ2n) is 6.89. The molecule has 0 aliphatic rings. The monoisotopic (exact) mass is 435 g/mol.